The first-order valence-electron chi connectivity index (χ1n) is 6.73. The highest BCUT2D eigenvalue weighted by molar-refractivity contribution is 6.09. The van der Waals surface area contributed by atoms with E-state index in [1.165, 1.54) is 29.2 Å². The number of halogens is 1. The van der Waals surface area contributed by atoms with Gasteiger partial charge in [-0.2, -0.15) is 0 Å². The van der Waals surface area contributed by atoms with Crippen molar-refractivity contribution in [2.75, 3.05) is 11.4 Å². The van der Waals surface area contributed by atoms with E-state index in [9.17, 15) is 14.0 Å². The highest BCUT2D eigenvalue weighted by atomic mass is 19.1. The van der Waals surface area contributed by atoms with Gasteiger partial charge < -0.3 is 4.90 Å². The van der Waals surface area contributed by atoms with Crippen LogP contribution < -0.4 is 4.90 Å². The average molecular weight is 283 g/mol. The van der Waals surface area contributed by atoms with E-state index >= 15 is 0 Å². The molecule has 0 N–H and O–H groups in total. The van der Waals surface area contributed by atoms with Gasteiger partial charge in [0.2, 0.25) is 5.91 Å². The zero-order valence-corrected chi connectivity index (χ0v) is 11.6. The lowest BCUT2D eigenvalue weighted by Gasteiger charge is -2.16. The molecule has 0 radical (unpaired) electrons. The number of carbonyl (C=O) groups is 2. The SMILES string of the molecule is Cc1ccc2c(c1)CC(=O)N2CC(=O)c1ccc(F)cc1. The van der Waals surface area contributed by atoms with E-state index in [4.69, 9.17) is 0 Å². The van der Waals surface area contributed by atoms with Crippen molar-refractivity contribution >= 4 is 17.4 Å². The zero-order chi connectivity index (χ0) is 15.0. The molecular weight excluding hydrogens is 269 g/mol. The molecule has 21 heavy (non-hydrogen) atoms. The number of amides is 1. The van der Waals surface area contributed by atoms with Gasteiger partial charge in [-0.25, -0.2) is 4.39 Å². The summed E-state index contributed by atoms with van der Waals surface area (Å²) < 4.78 is 12.9. The van der Waals surface area contributed by atoms with Crippen LogP contribution >= 0.6 is 0 Å². The van der Waals surface area contributed by atoms with Gasteiger partial charge in [-0.3, -0.25) is 9.59 Å². The van der Waals surface area contributed by atoms with Crippen molar-refractivity contribution in [3.63, 3.8) is 0 Å². The molecule has 0 aromatic heterocycles. The number of anilines is 1. The molecule has 3 rings (SSSR count). The van der Waals surface area contributed by atoms with Crippen molar-refractivity contribution < 1.29 is 14.0 Å². The topological polar surface area (TPSA) is 37.4 Å². The van der Waals surface area contributed by atoms with Gasteiger partial charge in [0.1, 0.15) is 5.82 Å². The van der Waals surface area contributed by atoms with Gasteiger partial charge in [-0.1, -0.05) is 17.7 Å². The van der Waals surface area contributed by atoms with E-state index in [0.29, 0.717) is 12.0 Å². The fourth-order valence-electron chi connectivity index (χ4n) is 2.56. The Bertz CT molecular complexity index is 722. The van der Waals surface area contributed by atoms with Crippen LogP contribution in [0.25, 0.3) is 0 Å². The maximum absolute atomic E-state index is 12.9. The maximum Gasteiger partial charge on any atom is 0.231 e. The lowest BCUT2D eigenvalue weighted by molar-refractivity contribution is -0.117. The second kappa shape index (κ2) is 5.13. The average Bonchev–Trinajstić information content (AvgIpc) is 2.75. The summed E-state index contributed by atoms with van der Waals surface area (Å²) in [5.74, 6) is -0.660. The van der Waals surface area contributed by atoms with Gasteiger partial charge in [0.25, 0.3) is 0 Å². The van der Waals surface area contributed by atoms with Crippen molar-refractivity contribution in [2.45, 2.75) is 13.3 Å². The normalized spacial score (nSPS) is 13.4. The molecule has 0 unspecified atom stereocenters. The molecule has 0 aliphatic carbocycles. The summed E-state index contributed by atoms with van der Waals surface area (Å²) in [7, 11) is 0. The predicted molar refractivity (Wildman–Crippen MR) is 78.0 cm³/mol. The van der Waals surface area contributed by atoms with Crippen molar-refractivity contribution in [1.82, 2.24) is 0 Å². The summed E-state index contributed by atoms with van der Waals surface area (Å²) in [6.07, 6.45) is 0.327. The Balaban J connectivity index is 1.84. The number of Topliss-reactive ketones (excluding diaryl/α,β-unsaturated/α-hetero) is 1. The highest BCUT2D eigenvalue weighted by Gasteiger charge is 2.28. The molecule has 0 fully saturated rings. The van der Waals surface area contributed by atoms with Crippen LogP contribution in [-0.2, 0) is 11.2 Å². The molecule has 0 bridgehead atoms. The van der Waals surface area contributed by atoms with E-state index in [1.54, 1.807) is 0 Å². The zero-order valence-electron chi connectivity index (χ0n) is 11.6. The van der Waals surface area contributed by atoms with Crippen molar-refractivity contribution in [2.24, 2.45) is 0 Å². The van der Waals surface area contributed by atoms with Gasteiger partial charge in [-0.05, 0) is 42.8 Å². The molecule has 1 aliphatic rings. The Labute approximate surface area is 122 Å². The molecule has 2 aromatic rings. The van der Waals surface area contributed by atoms with Gasteiger partial charge in [0, 0.05) is 11.3 Å². The summed E-state index contributed by atoms with van der Waals surface area (Å²) in [6, 6.07) is 11.1. The smallest absolute Gasteiger partial charge is 0.231 e. The summed E-state index contributed by atoms with van der Waals surface area (Å²) in [4.78, 5) is 25.8. The molecule has 106 valence electrons. The number of fused-ring (bicyclic) bond motifs is 1. The molecule has 1 amide bonds. The minimum Gasteiger partial charge on any atom is -0.304 e. The second-order valence-corrected chi connectivity index (χ2v) is 5.22. The van der Waals surface area contributed by atoms with Crippen molar-refractivity contribution in [1.29, 1.82) is 0 Å². The molecule has 2 aromatic carbocycles. The largest absolute Gasteiger partial charge is 0.304 e. The van der Waals surface area contributed by atoms with Crippen molar-refractivity contribution in [3.05, 3.63) is 65.0 Å². The maximum atomic E-state index is 12.9. The third-order valence-corrected chi connectivity index (χ3v) is 3.64. The molecule has 4 heteroatoms. The van der Waals surface area contributed by atoms with Crippen LogP contribution in [0.3, 0.4) is 0 Å². The first-order valence-corrected chi connectivity index (χ1v) is 6.73. The Morgan fingerprint density at radius 1 is 1.19 bits per heavy atom. The summed E-state index contributed by atoms with van der Waals surface area (Å²) in [5, 5.41) is 0. The lowest BCUT2D eigenvalue weighted by Crippen LogP contribution is -2.32. The van der Waals surface area contributed by atoms with Gasteiger partial charge in [-0.15, -0.1) is 0 Å². The molecule has 3 nitrogen and oxygen atoms in total. The number of nitrogens with zero attached hydrogens (tertiary/aromatic N) is 1. The van der Waals surface area contributed by atoms with Crippen molar-refractivity contribution in [3.8, 4) is 0 Å². The standard InChI is InChI=1S/C17H14FNO2/c1-11-2-7-15-13(8-11)9-17(21)19(15)10-16(20)12-3-5-14(18)6-4-12/h2-8H,9-10H2,1H3. The number of rotatable bonds is 3. The molecule has 0 saturated carbocycles. The molecule has 0 saturated heterocycles. The Kier molecular flexibility index (Phi) is 3.29. The van der Waals surface area contributed by atoms with E-state index in [0.717, 1.165) is 16.8 Å². The number of hydrogen-bond donors (Lipinski definition) is 0. The van der Waals surface area contributed by atoms with Crippen LogP contribution in [0.4, 0.5) is 10.1 Å². The molecule has 0 atom stereocenters. The van der Waals surface area contributed by atoms with E-state index in [2.05, 4.69) is 0 Å². The molecule has 0 spiro atoms. The van der Waals surface area contributed by atoms with Crippen LogP contribution in [0, 0.1) is 12.7 Å². The first-order chi connectivity index (χ1) is 10.0. The van der Waals surface area contributed by atoms with Crippen LogP contribution in [0.1, 0.15) is 21.5 Å². The van der Waals surface area contributed by atoms with E-state index in [-0.39, 0.29) is 24.1 Å². The van der Waals surface area contributed by atoms with Gasteiger partial charge in [0.05, 0.1) is 13.0 Å². The summed E-state index contributed by atoms with van der Waals surface area (Å²) in [6.45, 7) is 1.96. The predicted octanol–water partition coefficient (Wildman–Crippen LogP) is 2.91. The van der Waals surface area contributed by atoms with Crippen LogP contribution in [0.15, 0.2) is 42.5 Å². The Hall–Kier alpha value is -2.49. The number of ketones is 1. The lowest BCUT2D eigenvalue weighted by atomic mass is 10.1. The molecule has 1 heterocycles. The van der Waals surface area contributed by atoms with Gasteiger partial charge in [0.15, 0.2) is 5.78 Å². The monoisotopic (exact) mass is 283 g/mol. The Morgan fingerprint density at radius 3 is 2.62 bits per heavy atom. The first kappa shape index (κ1) is 13.5. The van der Waals surface area contributed by atoms with Gasteiger partial charge >= 0.3 is 0 Å². The third-order valence-electron chi connectivity index (χ3n) is 3.64. The highest BCUT2D eigenvalue weighted by Crippen LogP contribution is 2.29. The van der Waals surface area contributed by atoms with Crippen LogP contribution in [0.5, 0.6) is 0 Å². The Morgan fingerprint density at radius 2 is 1.90 bits per heavy atom. The third kappa shape index (κ3) is 2.57. The quantitative estimate of drug-likeness (QED) is 0.812. The van der Waals surface area contributed by atoms with E-state index in [1.807, 2.05) is 25.1 Å². The minimum atomic E-state index is -0.385. The number of aryl methyl sites for hydroxylation is 1. The summed E-state index contributed by atoms with van der Waals surface area (Å²) in [5.41, 5.74) is 3.24. The number of carbonyl (C=O) groups excluding carboxylic acids is 2. The fourth-order valence-corrected chi connectivity index (χ4v) is 2.56. The molecular formula is C17H14FNO2. The van der Waals surface area contributed by atoms with Crippen LogP contribution in [0.2, 0.25) is 0 Å². The number of hydrogen-bond acceptors (Lipinski definition) is 2. The van der Waals surface area contributed by atoms with Crippen LogP contribution in [-0.4, -0.2) is 18.2 Å². The minimum absolute atomic E-state index is 0.0134. The fraction of sp³-hybridized carbons (Fsp3) is 0.176. The second-order valence-electron chi connectivity index (χ2n) is 5.22. The summed E-state index contributed by atoms with van der Waals surface area (Å²) >= 11 is 0. The number of benzene rings is 2. The molecule has 1 aliphatic heterocycles. The van der Waals surface area contributed by atoms with E-state index < -0.39 is 0 Å².